The van der Waals surface area contributed by atoms with Gasteiger partial charge in [0, 0.05) is 18.4 Å². The molecule has 0 saturated carbocycles. The standard InChI is InChI=1S/C11H15N/c1-5-11-10(4)9(3)7-8-12(11)6-2/h5,7-8H,1,3,6H2,2,4H3. The molecule has 1 heteroatoms. The average molecular weight is 161 g/mol. The highest BCUT2D eigenvalue weighted by Crippen LogP contribution is 2.23. The Labute approximate surface area is 74.4 Å². The summed E-state index contributed by atoms with van der Waals surface area (Å²) in [5.41, 5.74) is 3.47. The zero-order valence-corrected chi connectivity index (χ0v) is 7.80. The SMILES string of the molecule is C=CC1=C(C)C(=C)C=CN1CC. The maximum atomic E-state index is 3.94. The summed E-state index contributed by atoms with van der Waals surface area (Å²) in [6.07, 6.45) is 5.96. The Hall–Kier alpha value is -1.24. The van der Waals surface area contributed by atoms with Crippen molar-refractivity contribution in [3.05, 3.63) is 48.4 Å². The maximum absolute atomic E-state index is 3.94. The summed E-state index contributed by atoms with van der Waals surface area (Å²) < 4.78 is 0. The van der Waals surface area contributed by atoms with Crippen LogP contribution in [0.2, 0.25) is 0 Å². The lowest BCUT2D eigenvalue weighted by Gasteiger charge is -2.26. The summed E-state index contributed by atoms with van der Waals surface area (Å²) >= 11 is 0. The molecular formula is C11H15N. The van der Waals surface area contributed by atoms with Gasteiger partial charge in [-0.15, -0.1) is 0 Å². The number of allylic oxidation sites excluding steroid dienone is 4. The first kappa shape index (κ1) is 8.85. The van der Waals surface area contributed by atoms with E-state index in [1.165, 1.54) is 11.3 Å². The summed E-state index contributed by atoms with van der Waals surface area (Å²) in [7, 11) is 0. The average Bonchev–Trinajstić information content (AvgIpc) is 2.09. The van der Waals surface area contributed by atoms with Crippen LogP contribution in [-0.2, 0) is 0 Å². The van der Waals surface area contributed by atoms with Crippen LogP contribution in [0.3, 0.4) is 0 Å². The van der Waals surface area contributed by atoms with E-state index in [1.807, 2.05) is 18.4 Å². The van der Waals surface area contributed by atoms with Crippen LogP contribution in [0.1, 0.15) is 13.8 Å². The molecule has 0 spiro atoms. The fraction of sp³-hybridized carbons (Fsp3) is 0.273. The van der Waals surface area contributed by atoms with E-state index in [0.717, 1.165) is 12.1 Å². The van der Waals surface area contributed by atoms with Crippen LogP contribution >= 0.6 is 0 Å². The third-order valence-corrected chi connectivity index (χ3v) is 2.17. The summed E-state index contributed by atoms with van der Waals surface area (Å²) in [5, 5.41) is 0. The first-order valence-electron chi connectivity index (χ1n) is 4.18. The topological polar surface area (TPSA) is 3.24 Å². The number of hydrogen-bond donors (Lipinski definition) is 0. The molecule has 0 atom stereocenters. The lowest BCUT2D eigenvalue weighted by atomic mass is 10.0. The number of likely N-dealkylation sites (N-methyl/N-ethyl adjacent to an activating group) is 1. The van der Waals surface area contributed by atoms with Crippen molar-refractivity contribution in [2.24, 2.45) is 0 Å². The van der Waals surface area contributed by atoms with Gasteiger partial charge in [-0.1, -0.05) is 13.2 Å². The lowest BCUT2D eigenvalue weighted by molar-refractivity contribution is 0.497. The van der Waals surface area contributed by atoms with Gasteiger partial charge in [0.05, 0.1) is 0 Å². The summed E-state index contributed by atoms with van der Waals surface area (Å²) in [5.74, 6) is 0. The molecule has 0 unspecified atom stereocenters. The van der Waals surface area contributed by atoms with Crippen molar-refractivity contribution >= 4 is 0 Å². The Kier molecular flexibility index (Phi) is 2.54. The molecule has 0 aromatic carbocycles. The van der Waals surface area contributed by atoms with Gasteiger partial charge in [-0.25, -0.2) is 0 Å². The Morgan fingerprint density at radius 3 is 2.75 bits per heavy atom. The van der Waals surface area contributed by atoms with E-state index < -0.39 is 0 Å². The Morgan fingerprint density at radius 2 is 2.25 bits per heavy atom. The van der Waals surface area contributed by atoms with Crippen molar-refractivity contribution < 1.29 is 0 Å². The normalized spacial score (nSPS) is 17.2. The minimum absolute atomic E-state index is 0.975. The van der Waals surface area contributed by atoms with Crippen LogP contribution in [0.25, 0.3) is 0 Å². The Bertz CT molecular complexity index is 269. The van der Waals surface area contributed by atoms with Crippen molar-refractivity contribution in [3.63, 3.8) is 0 Å². The number of rotatable bonds is 2. The molecule has 0 aromatic heterocycles. The minimum atomic E-state index is 0.975. The smallest absolute Gasteiger partial charge is 0.0435 e. The van der Waals surface area contributed by atoms with Crippen LogP contribution < -0.4 is 0 Å². The van der Waals surface area contributed by atoms with E-state index in [9.17, 15) is 0 Å². The van der Waals surface area contributed by atoms with Crippen molar-refractivity contribution in [1.29, 1.82) is 0 Å². The van der Waals surface area contributed by atoms with Crippen molar-refractivity contribution in [2.75, 3.05) is 6.54 Å². The van der Waals surface area contributed by atoms with Gasteiger partial charge in [0.15, 0.2) is 0 Å². The second-order valence-corrected chi connectivity index (χ2v) is 2.84. The fourth-order valence-electron chi connectivity index (χ4n) is 1.31. The first-order valence-corrected chi connectivity index (χ1v) is 4.18. The molecule has 0 radical (unpaired) electrons. The van der Waals surface area contributed by atoms with Crippen LogP contribution in [0.4, 0.5) is 0 Å². The zero-order valence-electron chi connectivity index (χ0n) is 7.80. The largest absolute Gasteiger partial charge is 0.348 e. The molecule has 64 valence electrons. The third-order valence-electron chi connectivity index (χ3n) is 2.17. The summed E-state index contributed by atoms with van der Waals surface area (Å²) in [6.45, 7) is 12.9. The molecule has 0 fully saturated rings. The van der Waals surface area contributed by atoms with Gasteiger partial charge in [-0.3, -0.25) is 0 Å². The maximum Gasteiger partial charge on any atom is 0.0435 e. The second kappa shape index (κ2) is 3.44. The van der Waals surface area contributed by atoms with Gasteiger partial charge >= 0.3 is 0 Å². The van der Waals surface area contributed by atoms with Crippen LogP contribution in [-0.4, -0.2) is 11.4 Å². The van der Waals surface area contributed by atoms with Gasteiger partial charge in [0.2, 0.25) is 0 Å². The van der Waals surface area contributed by atoms with Gasteiger partial charge in [-0.2, -0.15) is 0 Å². The van der Waals surface area contributed by atoms with Crippen LogP contribution in [0, 0.1) is 0 Å². The molecule has 12 heavy (non-hydrogen) atoms. The van der Waals surface area contributed by atoms with E-state index in [-0.39, 0.29) is 0 Å². The molecule has 0 aromatic rings. The van der Waals surface area contributed by atoms with E-state index in [0.29, 0.717) is 0 Å². The van der Waals surface area contributed by atoms with E-state index in [4.69, 9.17) is 0 Å². The summed E-state index contributed by atoms with van der Waals surface area (Å²) in [6, 6.07) is 0. The molecule has 1 heterocycles. The predicted molar refractivity (Wildman–Crippen MR) is 53.6 cm³/mol. The molecule has 0 N–H and O–H groups in total. The number of hydrogen-bond acceptors (Lipinski definition) is 1. The van der Waals surface area contributed by atoms with Crippen LogP contribution in [0.15, 0.2) is 48.4 Å². The molecule has 1 aliphatic rings. The van der Waals surface area contributed by atoms with Crippen molar-refractivity contribution in [3.8, 4) is 0 Å². The van der Waals surface area contributed by atoms with E-state index >= 15 is 0 Å². The van der Waals surface area contributed by atoms with Gasteiger partial charge < -0.3 is 4.90 Å². The minimum Gasteiger partial charge on any atom is -0.348 e. The fourth-order valence-corrected chi connectivity index (χ4v) is 1.31. The van der Waals surface area contributed by atoms with Crippen molar-refractivity contribution in [2.45, 2.75) is 13.8 Å². The summed E-state index contributed by atoms with van der Waals surface area (Å²) in [4.78, 5) is 2.16. The predicted octanol–water partition coefficient (Wildman–Crippen LogP) is 2.85. The van der Waals surface area contributed by atoms with Crippen LogP contribution in [0.5, 0.6) is 0 Å². The molecule has 0 aliphatic carbocycles. The number of nitrogens with zero attached hydrogens (tertiary/aromatic N) is 1. The van der Waals surface area contributed by atoms with Gasteiger partial charge in [-0.05, 0) is 37.1 Å². The lowest BCUT2D eigenvalue weighted by Crippen LogP contribution is -2.18. The Balaban J connectivity index is 3.05. The quantitative estimate of drug-likeness (QED) is 0.602. The monoisotopic (exact) mass is 161 g/mol. The third kappa shape index (κ3) is 1.35. The molecule has 0 bridgehead atoms. The van der Waals surface area contributed by atoms with Gasteiger partial charge in [0.25, 0.3) is 0 Å². The van der Waals surface area contributed by atoms with Gasteiger partial charge in [0.1, 0.15) is 0 Å². The second-order valence-electron chi connectivity index (χ2n) is 2.84. The molecule has 1 rings (SSSR count). The van der Waals surface area contributed by atoms with E-state index in [2.05, 4.69) is 31.9 Å². The van der Waals surface area contributed by atoms with E-state index in [1.54, 1.807) is 0 Å². The molecular weight excluding hydrogens is 146 g/mol. The zero-order chi connectivity index (χ0) is 9.14. The van der Waals surface area contributed by atoms with Crippen molar-refractivity contribution in [1.82, 2.24) is 4.90 Å². The highest BCUT2D eigenvalue weighted by Gasteiger charge is 2.10. The highest BCUT2D eigenvalue weighted by molar-refractivity contribution is 5.45. The molecule has 0 amide bonds. The first-order chi connectivity index (χ1) is 5.70. The molecule has 1 aliphatic heterocycles. The molecule has 1 nitrogen and oxygen atoms in total. The highest BCUT2D eigenvalue weighted by atomic mass is 15.1. The Morgan fingerprint density at radius 1 is 1.58 bits per heavy atom. The molecule has 0 saturated heterocycles.